The predicted molar refractivity (Wildman–Crippen MR) is 93.5 cm³/mol. The summed E-state index contributed by atoms with van der Waals surface area (Å²) in [6.07, 6.45) is 3.20. The highest BCUT2D eigenvalue weighted by atomic mass is 35.5. The average molecular weight is 378 g/mol. The number of ether oxygens (including phenoxy) is 1. The van der Waals surface area contributed by atoms with E-state index in [4.69, 9.17) is 16.3 Å². The summed E-state index contributed by atoms with van der Waals surface area (Å²) in [6.45, 7) is 1.01. The molecule has 1 aromatic rings. The van der Waals surface area contributed by atoms with Gasteiger partial charge in [-0.3, -0.25) is 19.3 Å². The number of rotatable bonds is 5. The summed E-state index contributed by atoms with van der Waals surface area (Å²) >= 11 is 5.77. The maximum absolute atomic E-state index is 12.5. The first-order chi connectivity index (χ1) is 12.4. The fraction of sp³-hybridized carbons (Fsp3) is 0.474. The molecule has 0 spiro atoms. The highest BCUT2D eigenvalue weighted by molar-refractivity contribution is 6.30. The summed E-state index contributed by atoms with van der Waals surface area (Å²) in [5.74, 6) is -2.37. The molecule has 2 aliphatic rings. The van der Waals surface area contributed by atoms with Crippen LogP contribution in [0.3, 0.4) is 0 Å². The van der Waals surface area contributed by atoms with Crippen LogP contribution >= 0.6 is 11.6 Å². The maximum Gasteiger partial charge on any atom is 0.329 e. The van der Waals surface area contributed by atoms with Crippen molar-refractivity contribution in [2.75, 3.05) is 6.61 Å². The molecule has 3 rings (SSSR count). The number of likely N-dealkylation sites (tertiary alicyclic amines) is 1. The number of hydrogen-bond acceptors (Lipinski definition) is 5. The van der Waals surface area contributed by atoms with Crippen molar-refractivity contribution >= 4 is 35.2 Å². The third-order valence-corrected chi connectivity index (χ3v) is 5.37. The van der Waals surface area contributed by atoms with Gasteiger partial charge in [-0.05, 0) is 44.0 Å². The van der Waals surface area contributed by atoms with Crippen LogP contribution < -0.4 is 0 Å². The molecule has 6 nitrogen and oxygen atoms in total. The molecule has 0 bridgehead atoms. The topological polar surface area (TPSA) is 80.8 Å². The molecule has 1 aromatic carbocycles. The van der Waals surface area contributed by atoms with Gasteiger partial charge in [0.1, 0.15) is 6.04 Å². The summed E-state index contributed by atoms with van der Waals surface area (Å²) in [5, 5.41) is 0.500. The van der Waals surface area contributed by atoms with E-state index in [2.05, 4.69) is 0 Å². The fourth-order valence-electron chi connectivity index (χ4n) is 3.65. The number of benzene rings is 1. The van der Waals surface area contributed by atoms with Crippen molar-refractivity contribution in [2.45, 2.75) is 38.6 Å². The first kappa shape index (κ1) is 18.6. The van der Waals surface area contributed by atoms with Gasteiger partial charge >= 0.3 is 5.97 Å². The van der Waals surface area contributed by atoms with Crippen molar-refractivity contribution in [1.82, 2.24) is 4.90 Å². The Hall–Kier alpha value is -2.21. The quantitative estimate of drug-likeness (QED) is 0.447. The maximum atomic E-state index is 12.5. The molecule has 2 amide bonds. The average Bonchev–Trinajstić information content (AvgIpc) is 2.90. The number of Topliss-reactive ketones (excluding diaryl/α,β-unsaturated/α-hetero) is 1. The summed E-state index contributed by atoms with van der Waals surface area (Å²) in [4.78, 5) is 50.4. The Morgan fingerprint density at radius 3 is 2.19 bits per heavy atom. The molecule has 138 valence electrons. The molecule has 3 atom stereocenters. The van der Waals surface area contributed by atoms with Gasteiger partial charge in [0, 0.05) is 10.6 Å². The molecule has 1 aliphatic heterocycles. The predicted octanol–water partition coefficient (Wildman–Crippen LogP) is 2.63. The minimum atomic E-state index is -1.03. The Morgan fingerprint density at radius 1 is 1.12 bits per heavy atom. The lowest BCUT2D eigenvalue weighted by atomic mass is 9.81. The van der Waals surface area contributed by atoms with Crippen molar-refractivity contribution < 1.29 is 23.9 Å². The second kappa shape index (κ2) is 7.58. The summed E-state index contributed by atoms with van der Waals surface area (Å²) in [6, 6.07) is 5.20. The number of esters is 1. The molecule has 0 N–H and O–H groups in total. The molecule has 1 saturated heterocycles. The van der Waals surface area contributed by atoms with Gasteiger partial charge in [0.25, 0.3) is 0 Å². The van der Waals surface area contributed by atoms with E-state index >= 15 is 0 Å². The Labute approximate surface area is 156 Å². The van der Waals surface area contributed by atoms with Crippen LogP contribution in [0.4, 0.5) is 0 Å². The molecule has 0 aromatic heterocycles. The van der Waals surface area contributed by atoms with Crippen molar-refractivity contribution in [3.8, 4) is 0 Å². The number of amides is 2. The number of carbonyl (C=O) groups excluding carboxylic acids is 4. The lowest BCUT2D eigenvalue weighted by Crippen LogP contribution is -2.44. The van der Waals surface area contributed by atoms with Crippen LogP contribution in [-0.2, 0) is 19.1 Å². The van der Waals surface area contributed by atoms with E-state index < -0.39 is 18.6 Å². The second-order valence-corrected chi connectivity index (χ2v) is 7.19. The zero-order valence-electron chi connectivity index (χ0n) is 14.4. The van der Waals surface area contributed by atoms with Crippen LogP contribution in [0, 0.1) is 11.8 Å². The van der Waals surface area contributed by atoms with Crippen molar-refractivity contribution in [1.29, 1.82) is 0 Å². The van der Waals surface area contributed by atoms with E-state index in [1.807, 2.05) is 0 Å². The monoisotopic (exact) mass is 377 g/mol. The zero-order valence-corrected chi connectivity index (χ0v) is 15.2. The highest BCUT2D eigenvalue weighted by Gasteiger charge is 2.51. The Balaban J connectivity index is 1.61. The van der Waals surface area contributed by atoms with Crippen LogP contribution in [0.2, 0.25) is 5.02 Å². The van der Waals surface area contributed by atoms with Gasteiger partial charge < -0.3 is 4.74 Å². The summed E-state index contributed by atoms with van der Waals surface area (Å²) < 4.78 is 5.05. The van der Waals surface area contributed by atoms with Crippen LogP contribution in [0.15, 0.2) is 24.3 Å². The van der Waals surface area contributed by atoms with Gasteiger partial charge in [0.2, 0.25) is 11.8 Å². The van der Waals surface area contributed by atoms with Crippen LogP contribution in [0.1, 0.15) is 43.0 Å². The molecule has 2 fully saturated rings. The number of carbonyl (C=O) groups is 4. The van der Waals surface area contributed by atoms with E-state index in [9.17, 15) is 19.2 Å². The van der Waals surface area contributed by atoms with Crippen LogP contribution in [0.5, 0.6) is 0 Å². The largest absolute Gasteiger partial charge is 0.456 e. The first-order valence-electron chi connectivity index (χ1n) is 8.72. The number of nitrogens with zero attached hydrogens (tertiary/aromatic N) is 1. The molecule has 26 heavy (non-hydrogen) atoms. The highest BCUT2D eigenvalue weighted by Crippen LogP contribution is 2.38. The van der Waals surface area contributed by atoms with Gasteiger partial charge in [-0.1, -0.05) is 24.4 Å². The molecule has 1 saturated carbocycles. The normalized spacial score (nSPS) is 23.5. The van der Waals surface area contributed by atoms with Gasteiger partial charge in [0.05, 0.1) is 11.8 Å². The van der Waals surface area contributed by atoms with Crippen LogP contribution in [-0.4, -0.2) is 41.1 Å². The Kier molecular flexibility index (Phi) is 5.41. The standard InChI is InChI=1S/C19H20ClNO5/c1-11(21-17(23)14-4-2-3-5-15(14)18(21)24)19(25)26-10-16(22)12-6-8-13(20)9-7-12/h6-9,11,14-15H,2-5,10H2,1H3/t11-,14+,15+/m0/s1. The smallest absolute Gasteiger partial charge is 0.329 e. The minimum absolute atomic E-state index is 0.298. The van der Waals surface area contributed by atoms with Crippen LogP contribution in [0.25, 0.3) is 0 Å². The van der Waals surface area contributed by atoms with Gasteiger partial charge in [-0.15, -0.1) is 0 Å². The number of imide groups is 1. The van der Waals surface area contributed by atoms with Crippen molar-refractivity contribution in [2.24, 2.45) is 11.8 Å². The molecule has 0 radical (unpaired) electrons. The minimum Gasteiger partial charge on any atom is -0.456 e. The van der Waals surface area contributed by atoms with E-state index in [1.54, 1.807) is 24.3 Å². The lowest BCUT2D eigenvalue weighted by Gasteiger charge is -2.21. The second-order valence-electron chi connectivity index (χ2n) is 6.76. The number of hydrogen-bond donors (Lipinski definition) is 0. The van der Waals surface area contributed by atoms with Gasteiger partial charge in [0.15, 0.2) is 12.4 Å². The number of ketones is 1. The SMILES string of the molecule is C[C@@H](C(=O)OCC(=O)c1ccc(Cl)cc1)N1C(=O)[C@@H]2CCCC[C@H]2C1=O. The third kappa shape index (κ3) is 3.51. The number of fused-ring (bicyclic) bond motifs is 1. The molecular formula is C19H20ClNO5. The van der Waals surface area contributed by atoms with Crippen molar-refractivity contribution in [3.63, 3.8) is 0 Å². The van der Waals surface area contributed by atoms with E-state index in [-0.39, 0.29) is 29.4 Å². The molecular weight excluding hydrogens is 358 g/mol. The Morgan fingerprint density at radius 2 is 1.65 bits per heavy atom. The molecule has 1 aliphatic carbocycles. The van der Waals surface area contributed by atoms with E-state index in [0.29, 0.717) is 23.4 Å². The molecule has 7 heteroatoms. The molecule has 0 unspecified atom stereocenters. The van der Waals surface area contributed by atoms with E-state index in [0.717, 1.165) is 17.7 Å². The lowest BCUT2D eigenvalue weighted by molar-refractivity contribution is -0.157. The van der Waals surface area contributed by atoms with Gasteiger partial charge in [-0.2, -0.15) is 0 Å². The number of halogens is 1. The fourth-order valence-corrected chi connectivity index (χ4v) is 3.78. The van der Waals surface area contributed by atoms with Gasteiger partial charge in [-0.25, -0.2) is 4.79 Å². The first-order valence-corrected chi connectivity index (χ1v) is 9.10. The van der Waals surface area contributed by atoms with Crippen molar-refractivity contribution in [3.05, 3.63) is 34.9 Å². The Bertz CT molecular complexity index is 721. The summed E-state index contributed by atoms with van der Waals surface area (Å²) in [7, 11) is 0. The third-order valence-electron chi connectivity index (χ3n) is 5.12. The zero-order chi connectivity index (χ0) is 18.8. The summed E-state index contributed by atoms with van der Waals surface area (Å²) in [5.41, 5.74) is 0.370. The molecule has 1 heterocycles. The van der Waals surface area contributed by atoms with E-state index in [1.165, 1.54) is 6.92 Å².